The van der Waals surface area contributed by atoms with Gasteiger partial charge in [-0.2, -0.15) is 8.42 Å². The Morgan fingerprint density at radius 3 is 2.31 bits per heavy atom. The highest BCUT2D eigenvalue weighted by Gasteiger charge is 2.10. The van der Waals surface area contributed by atoms with Crippen LogP contribution >= 0.6 is 0 Å². The lowest BCUT2D eigenvalue weighted by molar-refractivity contribution is 0.479. The summed E-state index contributed by atoms with van der Waals surface area (Å²) in [7, 11) is -4.16. The van der Waals surface area contributed by atoms with Crippen LogP contribution in [0.15, 0.2) is 23.4 Å². The normalized spacial score (nSPS) is 12.0. The van der Waals surface area contributed by atoms with Gasteiger partial charge in [-0.25, -0.2) is 4.98 Å². The number of rotatable bonds is 2. The zero-order chi connectivity index (χ0) is 10.1. The van der Waals surface area contributed by atoms with E-state index in [4.69, 9.17) is 4.55 Å². The second kappa shape index (κ2) is 3.43. The molecule has 0 atom stereocenters. The third-order valence-corrected chi connectivity index (χ3v) is 2.46. The van der Waals surface area contributed by atoms with E-state index in [-0.39, 0.29) is 5.03 Å². The Balaban J connectivity index is 3.08. The number of aromatic nitrogens is 1. The average Bonchev–Trinajstić information content (AvgIpc) is 2.03. The molecule has 0 fully saturated rings. The van der Waals surface area contributed by atoms with E-state index in [2.05, 4.69) is 4.98 Å². The van der Waals surface area contributed by atoms with Crippen molar-refractivity contribution in [2.75, 3.05) is 0 Å². The molecule has 1 N–H and O–H groups in total. The van der Waals surface area contributed by atoms with Gasteiger partial charge in [-0.15, -0.1) is 0 Å². The molecule has 0 saturated carbocycles. The van der Waals surface area contributed by atoms with E-state index in [0.29, 0.717) is 5.92 Å². The van der Waals surface area contributed by atoms with Crippen LogP contribution in [0.1, 0.15) is 25.3 Å². The second-order valence-corrected chi connectivity index (χ2v) is 4.43. The van der Waals surface area contributed by atoms with Gasteiger partial charge in [0.05, 0.1) is 0 Å². The smallest absolute Gasteiger partial charge is 0.281 e. The molecule has 0 bridgehead atoms. The molecule has 0 aliphatic carbocycles. The molecule has 0 aromatic carbocycles. The van der Waals surface area contributed by atoms with E-state index in [1.807, 2.05) is 13.8 Å². The van der Waals surface area contributed by atoms with Gasteiger partial charge < -0.3 is 0 Å². The first-order chi connectivity index (χ1) is 5.91. The van der Waals surface area contributed by atoms with Crippen LogP contribution in [0.3, 0.4) is 0 Å². The monoisotopic (exact) mass is 201 g/mol. The Morgan fingerprint density at radius 1 is 1.38 bits per heavy atom. The molecule has 0 radical (unpaired) electrons. The van der Waals surface area contributed by atoms with Crippen molar-refractivity contribution < 1.29 is 13.0 Å². The van der Waals surface area contributed by atoms with Crippen LogP contribution in [0.5, 0.6) is 0 Å². The molecule has 0 saturated heterocycles. The largest absolute Gasteiger partial charge is 0.312 e. The lowest BCUT2D eigenvalue weighted by atomic mass is 10.1. The molecule has 0 aliphatic rings. The molecule has 1 heterocycles. The summed E-state index contributed by atoms with van der Waals surface area (Å²) in [5, 5.41) is -0.308. The second-order valence-electron chi connectivity index (χ2n) is 3.06. The van der Waals surface area contributed by atoms with E-state index >= 15 is 0 Å². The van der Waals surface area contributed by atoms with E-state index in [0.717, 1.165) is 5.56 Å². The van der Waals surface area contributed by atoms with Gasteiger partial charge in [0, 0.05) is 6.20 Å². The van der Waals surface area contributed by atoms with Crippen LogP contribution in [0.2, 0.25) is 0 Å². The van der Waals surface area contributed by atoms with E-state index in [1.165, 1.54) is 12.3 Å². The topological polar surface area (TPSA) is 67.3 Å². The van der Waals surface area contributed by atoms with Gasteiger partial charge >= 0.3 is 10.1 Å². The minimum atomic E-state index is -4.16. The van der Waals surface area contributed by atoms with Crippen LogP contribution in [-0.2, 0) is 10.1 Å². The first-order valence-electron chi connectivity index (χ1n) is 3.84. The van der Waals surface area contributed by atoms with Gasteiger partial charge in [-0.1, -0.05) is 19.9 Å². The summed E-state index contributed by atoms with van der Waals surface area (Å²) in [5.41, 5.74) is 0.937. The SMILES string of the molecule is CC(C)c1ccc(S(=O)(=O)O)nc1. The van der Waals surface area contributed by atoms with Crippen LogP contribution in [0, 0.1) is 0 Å². The van der Waals surface area contributed by atoms with Gasteiger partial charge in [0.25, 0.3) is 0 Å². The molecule has 72 valence electrons. The molecular weight excluding hydrogens is 190 g/mol. The lowest BCUT2D eigenvalue weighted by Gasteiger charge is -2.03. The maximum Gasteiger partial charge on any atom is 0.312 e. The van der Waals surface area contributed by atoms with Crippen molar-refractivity contribution >= 4 is 10.1 Å². The Kier molecular flexibility index (Phi) is 2.68. The minimum absolute atomic E-state index is 0.294. The van der Waals surface area contributed by atoms with Crippen molar-refractivity contribution in [2.24, 2.45) is 0 Å². The molecular formula is C8H11NO3S. The first kappa shape index (κ1) is 10.1. The molecule has 0 unspecified atom stereocenters. The average molecular weight is 201 g/mol. The third-order valence-electron chi connectivity index (χ3n) is 1.69. The first-order valence-corrected chi connectivity index (χ1v) is 5.28. The van der Waals surface area contributed by atoms with Crippen molar-refractivity contribution in [1.29, 1.82) is 0 Å². The van der Waals surface area contributed by atoms with Crippen molar-refractivity contribution in [3.8, 4) is 0 Å². The van der Waals surface area contributed by atoms with Gasteiger partial charge in [-0.3, -0.25) is 4.55 Å². The van der Waals surface area contributed by atoms with Crippen molar-refractivity contribution in [3.63, 3.8) is 0 Å². The van der Waals surface area contributed by atoms with Crippen LogP contribution in [0.25, 0.3) is 0 Å². The van der Waals surface area contributed by atoms with E-state index < -0.39 is 10.1 Å². The number of pyridine rings is 1. The maximum atomic E-state index is 10.6. The molecule has 1 rings (SSSR count). The van der Waals surface area contributed by atoms with Gasteiger partial charge in [0.15, 0.2) is 5.03 Å². The fraction of sp³-hybridized carbons (Fsp3) is 0.375. The van der Waals surface area contributed by atoms with Crippen LogP contribution in [-0.4, -0.2) is 18.0 Å². The summed E-state index contributed by atoms with van der Waals surface area (Å²) in [6.45, 7) is 3.95. The molecule has 4 nitrogen and oxygen atoms in total. The summed E-state index contributed by atoms with van der Waals surface area (Å²) in [4.78, 5) is 3.63. The van der Waals surface area contributed by atoms with Crippen LogP contribution < -0.4 is 0 Å². The highest BCUT2D eigenvalue weighted by molar-refractivity contribution is 7.85. The standard InChI is InChI=1S/C8H11NO3S/c1-6(2)7-3-4-8(9-5-7)13(10,11)12/h3-6H,1-2H3,(H,10,11,12). The fourth-order valence-corrected chi connectivity index (χ4v) is 1.31. The Morgan fingerprint density at radius 2 is 2.00 bits per heavy atom. The summed E-state index contributed by atoms with van der Waals surface area (Å²) in [5.74, 6) is 0.294. The molecule has 0 spiro atoms. The zero-order valence-electron chi connectivity index (χ0n) is 7.43. The molecule has 13 heavy (non-hydrogen) atoms. The Bertz CT molecular complexity index is 380. The summed E-state index contributed by atoms with van der Waals surface area (Å²) in [6, 6.07) is 2.94. The third kappa shape index (κ3) is 2.50. The minimum Gasteiger partial charge on any atom is -0.281 e. The number of nitrogens with zero attached hydrogens (tertiary/aromatic N) is 1. The summed E-state index contributed by atoms with van der Waals surface area (Å²) >= 11 is 0. The van der Waals surface area contributed by atoms with Gasteiger partial charge in [0.1, 0.15) is 0 Å². The zero-order valence-corrected chi connectivity index (χ0v) is 8.25. The highest BCUT2D eigenvalue weighted by Crippen LogP contribution is 2.14. The molecule has 0 aliphatic heterocycles. The predicted molar refractivity (Wildman–Crippen MR) is 48.1 cm³/mol. The maximum absolute atomic E-state index is 10.6. The number of hydrogen-bond acceptors (Lipinski definition) is 3. The van der Waals surface area contributed by atoms with Crippen molar-refractivity contribution in [3.05, 3.63) is 23.9 Å². The molecule has 5 heteroatoms. The van der Waals surface area contributed by atoms with Crippen molar-refractivity contribution in [2.45, 2.75) is 24.8 Å². The predicted octanol–water partition coefficient (Wildman–Crippen LogP) is 1.45. The van der Waals surface area contributed by atoms with Gasteiger partial charge in [-0.05, 0) is 17.5 Å². The Labute approximate surface area is 77.4 Å². The van der Waals surface area contributed by atoms with E-state index in [1.54, 1.807) is 6.07 Å². The lowest BCUT2D eigenvalue weighted by Crippen LogP contribution is -2.01. The molecule has 1 aromatic heterocycles. The quantitative estimate of drug-likeness (QED) is 0.735. The summed E-state index contributed by atoms with van der Waals surface area (Å²) in [6.07, 6.45) is 1.45. The van der Waals surface area contributed by atoms with E-state index in [9.17, 15) is 8.42 Å². The van der Waals surface area contributed by atoms with Crippen molar-refractivity contribution in [1.82, 2.24) is 4.98 Å². The molecule has 1 aromatic rings. The summed E-state index contributed by atoms with van der Waals surface area (Å²) < 4.78 is 29.8. The highest BCUT2D eigenvalue weighted by atomic mass is 32.2. The molecule has 0 amide bonds. The number of hydrogen-bond donors (Lipinski definition) is 1. The van der Waals surface area contributed by atoms with Gasteiger partial charge in [0.2, 0.25) is 0 Å². The van der Waals surface area contributed by atoms with Crippen LogP contribution in [0.4, 0.5) is 0 Å². The Hall–Kier alpha value is -0.940. The fourth-order valence-electron chi connectivity index (χ4n) is 0.886.